The number of aryl methyl sites for hydroxylation is 1. The van der Waals surface area contributed by atoms with Crippen LogP contribution >= 0.6 is 11.3 Å². The van der Waals surface area contributed by atoms with Crippen LogP contribution in [0.4, 0.5) is 5.13 Å². The van der Waals surface area contributed by atoms with E-state index in [9.17, 15) is 0 Å². The quantitative estimate of drug-likeness (QED) is 0.859. The Morgan fingerprint density at radius 1 is 1.10 bits per heavy atom. The maximum absolute atomic E-state index is 6.21. The fourth-order valence-electron chi connectivity index (χ4n) is 4.37. The number of nitrogens with two attached hydrogens (primary N) is 1. The number of aromatic nitrogens is 1. The first-order chi connectivity index (χ1) is 9.76. The van der Waals surface area contributed by atoms with Gasteiger partial charge in [-0.05, 0) is 50.4 Å². The van der Waals surface area contributed by atoms with Crippen molar-refractivity contribution in [1.29, 1.82) is 0 Å². The largest absolute Gasteiger partial charge is 0.348 e. The Hall–Kier alpha value is -0.610. The molecule has 1 spiro atoms. The highest BCUT2D eigenvalue weighted by atomic mass is 32.1. The number of hydrogen-bond donors (Lipinski definition) is 1. The van der Waals surface area contributed by atoms with Crippen molar-refractivity contribution in [2.75, 3.05) is 18.0 Å². The van der Waals surface area contributed by atoms with Gasteiger partial charge in [-0.25, -0.2) is 4.98 Å². The third kappa shape index (κ3) is 2.17. The van der Waals surface area contributed by atoms with Crippen LogP contribution in [0, 0.1) is 5.41 Å². The predicted octanol–water partition coefficient (Wildman–Crippen LogP) is 3.64. The first-order valence-corrected chi connectivity index (χ1v) is 9.08. The van der Waals surface area contributed by atoms with E-state index in [1.807, 2.05) is 11.3 Å². The molecule has 1 atom stereocenters. The summed E-state index contributed by atoms with van der Waals surface area (Å²) in [5.74, 6) is 0. The predicted molar refractivity (Wildman–Crippen MR) is 84.3 cm³/mol. The van der Waals surface area contributed by atoms with Crippen LogP contribution in [0.5, 0.6) is 0 Å². The molecule has 2 N–H and O–H groups in total. The molecule has 1 saturated carbocycles. The summed E-state index contributed by atoms with van der Waals surface area (Å²) in [4.78, 5) is 8.88. The fourth-order valence-corrected chi connectivity index (χ4v) is 5.60. The molecule has 4 rings (SSSR count). The van der Waals surface area contributed by atoms with Crippen LogP contribution in [0.3, 0.4) is 0 Å². The monoisotopic (exact) mass is 291 g/mol. The van der Waals surface area contributed by atoms with E-state index in [-0.39, 0.29) is 6.04 Å². The summed E-state index contributed by atoms with van der Waals surface area (Å²) >= 11 is 1.91. The lowest BCUT2D eigenvalue weighted by atomic mass is 9.77. The Kier molecular flexibility index (Phi) is 3.26. The minimum Gasteiger partial charge on any atom is -0.348 e. The minimum atomic E-state index is 0.190. The number of hydrogen-bond acceptors (Lipinski definition) is 4. The van der Waals surface area contributed by atoms with Crippen LogP contribution in [0.1, 0.15) is 68.0 Å². The van der Waals surface area contributed by atoms with Gasteiger partial charge in [0.05, 0.1) is 5.69 Å². The van der Waals surface area contributed by atoms with Gasteiger partial charge in [0.25, 0.3) is 0 Å². The van der Waals surface area contributed by atoms with Gasteiger partial charge in [0.1, 0.15) is 0 Å². The van der Waals surface area contributed by atoms with Crippen LogP contribution in [0.25, 0.3) is 0 Å². The highest BCUT2D eigenvalue weighted by Gasteiger charge is 2.37. The molecule has 110 valence electrons. The lowest BCUT2D eigenvalue weighted by Crippen LogP contribution is -2.38. The average molecular weight is 291 g/mol. The van der Waals surface area contributed by atoms with Crippen molar-refractivity contribution in [3.05, 3.63) is 10.6 Å². The van der Waals surface area contributed by atoms with Crippen LogP contribution in [-0.4, -0.2) is 18.1 Å². The molecule has 0 radical (unpaired) electrons. The molecule has 1 aromatic heterocycles. The smallest absolute Gasteiger partial charge is 0.185 e. The molecule has 2 aliphatic carbocycles. The molecule has 2 fully saturated rings. The number of fused-ring (bicyclic) bond motifs is 1. The first-order valence-electron chi connectivity index (χ1n) is 8.26. The zero-order chi connectivity index (χ0) is 13.6. The van der Waals surface area contributed by atoms with Crippen molar-refractivity contribution < 1.29 is 0 Å². The Morgan fingerprint density at radius 2 is 1.85 bits per heavy atom. The van der Waals surface area contributed by atoms with Crippen molar-refractivity contribution in [1.82, 2.24) is 4.98 Å². The Labute approximate surface area is 125 Å². The lowest BCUT2D eigenvalue weighted by Gasteiger charge is -2.39. The standard InChI is InChI=1S/C16H25N3S/c17-12-4-3-5-13-14(12)18-15(20-13)19-10-8-16(9-11-19)6-1-2-7-16/h12H,1-11,17H2. The van der Waals surface area contributed by atoms with Gasteiger partial charge in [-0.2, -0.15) is 0 Å². The molecule has 0 aromatic carbocycles. The molecule has 0 amide bonds. The highest BCUT2D eigenvalue weighted by molar-refractivity contribution is 7.15. The van der Waals surface area contributed by atoms with Crippen LogP contribution in [0.15, 0.2) is 0 Å². The van der Waals surface area contributed by atoms with E-state index in [0.717, 1.165) is 6.42 Å². The van der Waals surface area contributed by atoms with E-state index < -0.39 is 0 Å². The molecular formula is C16H25N3S. The molecular weight excluding hydrogens is 266 g/mol. The zero-order valence-corrected chi connectivity index (χ0v) is 13.1. The molecule has 1 aromatic rings. The molecule has 2 heterocycles. The summed E-state index contributed by atoms with van der Waals surface area (Å²) in [5, 5.41) is 1.25. The second-order valence-electron chi connectivity index (χ2n) is 7.00. The average Bonchev–Trinajstić information content (AvgIpc) is 3.08. The number of rotatable bonds is 1. The topological polar surface area (TPSA) is 42.1 Å². The molecule has 0 bridgehead atoms. The van der Waals surface area contributed by atoms with Gasteiger partial charge in [0.2, 0.25) is 0 Å². The highest BCUT2D eigenvalue weighted by Crippen LogP contribution is 2.47. The summed E-state index contributed by atoms with van der Waals surface area (Å²) in [6.07, 6.45) is 12.2. The molecule has 4 heteroatoms. The third-order valence-electron chi connectivity index (χ3n) is 5.75. The Balaban J connectivity index is 1.49. The molecule has 1 saturated heterocycles. The van der Waals surface area contributed by atoms with E-state index in [2.05, 4.69) is 4.90 Å². The van der Waals surface area contributed by atoms with E-state index in [4.69, 9.17) is 10.7 Å². The fraction of sp³-hybridized carbons (Fsp3) is 0.812. The number of piperidine rings is 1. The minimum absolute atomic E-state index is 0.190. The van der Waals surface area contributed by atoms with Crippen molar-refractivity contribution in [2.45, 2.75) is 63.8 Å². The Bertz CT molecular complexity index is 480. The van der Waals surface area contributed by atoms with Crippen LogP contribution in [0.2, 0.25) is 0 Å². The summed E-state index contributed by atoms with van der Waals surface area (Å²) in [6, 6.07) is 0.190. The first kappa shape index (κ1) is 13.1. The molecule has 20 heavy (non-hydrogen) atoms. The second kappa shape index (κ2) is 4.99. The molecule has 3 nitrogen and oxygen atoms in total. The van der Waals surface area contributed by atoms with Gasteiger partial charge < -0.3 is 10.6 Å². The summed E-state index contributed by atoms with van der Waals surface area (Å²) in [5.41, 5.74) is 8.11. The molecule has 1 aliphatic heterocycles. The molecule has 3 aliphatic rings. The third-order valence-corrected chi connectivity index (χ3v) is 6.94. The zero-order valence-electron chi connectivity index (χ0n) is 12.2. The van der Waals surface area contributed by atoms with Gasteiger partial charge in [0, 0.05) is 24.0 Å². The van der Waals surface area contributed by atoms with Crippen LogP contribution in [-0.2, 0) is 6.42 Å². The van der Waals surface area contributed by atoms with Crippen molar-refractivity contribution in [3.63, 3.8) is 0 Å². The number of nitrogens with zero attached hydrogens (tertiary/aromatic N) is 2. The van der Waals surface area contributed by atoms with E-state index >= 15 is 0 Å². The molecule has 1 unspecified atom stereocenters. The van der Waals surface area contributed by atoms with Gasteiger partial charge in [-0.1, -0.05) is 12.8 Å². The lowest BCUT2D eigenvalue weighted by molar-refractivity contribution is 0.226. The van der Waals surface area contributed by atoms with Crippen molar-refractivity contribution in [2.24, 2.45) is 11.1 Å². The SMILES string of the molecule is NC1CCCc2sc(N3CCC4(CCCC4)CC3)nc21. The van der Waals surface area contributed by atoms with Crippen molar-refractivity contribution in [3.8, 4) is 0 Å². The normalized spacial score (nSPS) is 28.9. The number of anilines is 1. The Morgan fingerprint density at radius 3 is 2.55 bits per heavy atom. The van der Waals surface area contributed by atoms with E-state index in [1.54, 1.807) is 0 Å². The van der Waals surface area contributed by atoms with Crippen molar-refractivity contribution >= 4 is 16.5 Å². The summed E-state index contributed by atoms with van der Waals surface area (Å²) in [6.45, 7) is 2.42. The van der Waals surface area contributed by atoms with Gasteiger partial charge in [-0.15, -0.1) is 11.3 Å². The van der Waals surface area contributed by atoms with E-state index in [1.165, 1.54) is 80.2 Å². The van der Waals surface area contributed by atoms with Gasteiger partial charge in [0.15, 0.2) is 5.13 Å². The van der Waals surface area contributed by atoms with E-state index in [0.29, 0.717) is 5.41 Å². The summed E-state index contributed by atoms with van der Waals surface area (Å²) in [7, 11) is 0. The maximum Gasteiger partial charge on any atom is 0.185 e. The van der Waals surface area contributed by atoms with Crippen LogP contribution < -0.4 is 10.6 Å². The summed E-state index contributed by atoms with van der Waals surface area (Å²) < 4.78 is 0. The van der Waals surface area contributed by atoms with Gasteiger partial charge >= 0.3 is 0 Å². The number of thiazole rings is 1. The maximum atomic E-state index is 6.21. The second-order valence-corrected chi connectivity index (χ2v) is 8.06. The van der Waals surface area contributed by atoms with Gasteiger partial charge in [-0.3, -0.25) is 0 Å².